The van der Waals surface area contributed by atoms with Crippen molar-refractivity contribution in [2.45, 2.75) is 38.0 Å². The Balaban J connectivity index is 2.03. The lowest BCUT2D eigenvalue weighted by atomic mass is 10.1. The number of carbonyl (C=O) groups is 1. The summed E-state index contributed by atoms with van der Waals surface area (Å²) in [4.78, 5) is 14.7. The highest BCUT2D eigenvalue weighted by atomic mass is 16.7. The Morgan fingerprint density at radius 3 is 2.67 bits per heavy atom. The molecular weight excluding hydrogens is 270 g/mol. The van der Waals surface area contributed by atoms with Crippen LogP contribution in [0.1, 0.15) is 31.7 Å². The summed E-state index contributed by atoms with van der Waals surface area (Å²) in [6.07, 6.45) is 2.35. The van der Waals surface area contributed by atoms with E-state index in [4.69, 9.17) is 9.47 Å². The Morgan fingerprint density at radius 1 is 1.29 bits per heavy atom. The van der Waals surface area contributed by atoms with Gasteiger partial charge in [0, 0.05) is 18.2 Å². The summed E-state index contributed by atoms with van der Waals surface area (Å²) in [6.45, 7) is 2.99. The molecule has 2 aliphatic heterocycles. The van der Waals surface area contributed by atoms with E-state index in [0.29, 0.717) is 19.6 Å². The molecular formula is C16H21NO4. The lowest BCUT2D eigenvalue weighted by Crippen LogP contribution is -2.46. The molecule has 2 heterocycles. The van der Waals surface area contributed by atoms with Crippen molar-refractivity contribution in [2.75, 3.05) is 24.7 Å². The monoisotopic (exact) mass is 291 g/mol. The van der Waals surface area contributed by atoms with Crippen molar-refractivity contribution in [3.05, 3.63) is 29.8 Å². The normalized spacial score (nSPS) is 21.0. The first-order chi connectivity index (χ1) is 10.2. The van der Waals surface area contributed by atoms with E-state index >= 15 is 0 Å². The third-order valence-electron chi connectivity index (χ3n) is 4.16. The van der Waals surface area contributed by atoms with Crippen molar-refractivity contribution in [2.24, 2.45) is 0 Å². The maximum Gasteiger partial charge on any atom is 0.292 e. The molecule has 1 amide bonds. The van der Waals surface area contributed by atoms with Gasteiger partial charge >= 0.3 is 0 Å². The van der Waals surface area contributed by atoms with Crippen molar-refractivity contribution >= 4 is 11.6 Å². The van der Waals surface area contributed by atoms with Crippen LogP contribution in [-0.2, 0) is 20.1 Å². The van der Waals surface area contributed by atoms with Crippen molar-refractivity contribution in [3.8, 4) is 0 Å². The summed E-state index contributed by atoms with van der Waals surface area (Å²) >= 11 is 0. The van der Waals surface area contributed by atoms with Gasteiger partial charge in [0.2, 0.25) is 0 Å². The molecule has 5 heteroatoms. The van der Waals surface area contributed by atoms with Crippen LogP contribution in [-0.4, -0.2) is 36.9 Å². The van der Waals surface area contributed by atoms with E-state index in [9.17, 15) is 9.90 Å². The van der Waals surface area contributed by atoms with Gasteiger partial charge in [0.05, 0.1) is 18.9 Å². The molecule has 1 N–H and O–H groups in total. The average molecular weight is 291 g/mol. The molecule has 114 valence electrons. The highest BCUT2D eigenvalue weighted by Crippen LogP contribution is 2.47. The minimum atomic E-state index is -1.27. The third-order valence-corrected chi connectivity index (χ3v) is 4.16. The van der Waals surface area contributed by atoms with Gasteiger partial charge in [-0.25, -0.2) is 0 Å². The molecule has 1 spiro atoms. The zero-order valence-corrected chi connectivity index (χ0v) is 12.2. The maximum absolute atomic E-state index is 13.0. The maximum atomic E-state index is 13.0. The zero-order valence-electron chi connectivity index (χ0n) is 12.2. The van der Waals surface area contributed by atoms with Crippen LogP contribution in [0.5, 0.6) is 0 Å². The van der Waals surface area contributed by atoms with Crippen LogP contribution < -0.4 is 4.90 Å². The number of anilines is 1. The van der Waals surface area contributed by atoms with E-state index < -0.39 is 5.79 Å². The van der Waals surface area contributed by atoms with Crippen molar-refractivity contribution in [3.63, 3.8) is 0 Å². The summed E-state index contributed by atoms with van der Waals surface area (Å²) < 4.78 is 11.4. The average Bonchev–Trinajstić information content (AvgIpc) is 3.07. The summed E-state index contributed by atoms with van der Waals surface area (Å²) in [5.74, 6) is -1.42. The van der Waals surface area contributed by atoms with Crippen molar-refractivity contribution < 1.29 is 19.4 Å². The fourth-order valence-electron chi connectivity index (χ4n) is 3.28. The molecule has 0 aliphatic carbocycles. The summed E-state index contributed by atoms with van der Waals surface area (Å²) in [5.41, 5.74) is 1.63. The van der Waals surface area contributed by atoms with Crippen LogP contribution in [0.4, 0.5) is 5.69 Å². The number of hydrogen-bond acceptors (Lipinski definition) is 4. The molecule has 1 aromatic carbocycles. The Morgan fingerprint density at radius 2 is 2.00 bits per heavy atom. The molecule has 0 saturated carbocycles. The summed E-state index contributed by atoms with van der Waals surface area (Å²) in [7, 11) is 0. The third kappa shape index (κ3) is 2.16. The SMILES string of the molecule is CCCC(CCO)N1C(=O)C2(OCCO2)c2ccccc21. The molecule has 0 bridgehead atoms. The number of para-hydroxylation sites is 1. The van der Waals surface area contributed by atoms with Gasteiger partial charge < -0.3 is 19.5 Å². The van der Waals surface area contributed by atoms with Crippen molar-refractivity contribution in [1.29, 1.82) is 0 Å². The van der Waals surface area contributed by atoms with Crippen LogP contribution in [0.15, 0.2) is 24.3 Å². The van der Waals surface area contributed by atoms with Gasteiger partial charge in [-0.15, -0.1) is 0 Å². The fraction of sp³-hybridized carbons (Fsp3) is 0.562. The van der Waals surface area contributed by atoms with Gasteiger partial charge in [0.1, 0.15) is 0 Å². The number of amides is 1. The second-order valence-corrected chi connectivity index (χ2v) is 5.46. The number of aliphatic hydroxyl groups is 1. The predicted molar refractivity (Wildman–Crippen MR) is 77.9 cm³/mol. The first kappa shape index (κ1) is 14.5. The van der Waals surface area contributed by atoms with Crippen molar-refractivity contribution in [1.82, 2.24) is 0 Å². The number of fused-ring (bicyclic) bond motifs is 2. The van der Waals surface area contributed by atoms with Crippen LogP contribution in [0.2, 0.25) is 0 Å². The first-order valence-electron chi connectivity index (χ1n) is 7.56. The molecule has 1 saturated heterocycles. The number of benzene rings is 1. The topological polar surface area (TPSA) is 59.0 Å². The number of nitrogens with zero attached hydrogens (tertiary/aromatic N) is 1. The van der Waals surface area contributed by atoms with Crippen LogP contribution in [0, 0.1) is 0 Å². The summed E-state index contributed by atoms with van der Waals surface area (Å²) in [5, 5.41) is 9.31. The number of hydrogen-bond donors (Lipinski definition) is 1. The molecule has 2 aliphatic rings. The summed E-state index contributed by atoms with van der Waals surface area (Å²) in [6, 6.07) is 7.59. The molecule has 1 atom stereocenters. The van der Waals surface area contributed by atoms with E-state index in [1.54, 1.807) is 4.90 Å². The number of carbonyl (C=O) groups excluding carboxylic acids is 1. The molecule has 5 nitrogen and oxygen atoms in total. The fourth-order valence-corrected chi connectivity index (χ4v) is 3.28. The minimum absolute atomic E-state index is 0.0270. The van der Waals surface area contributed by atoms with Gasteiger partial charge in [-0.05, 0) is 18.9 Å². The van der Waals surface area contributed by atoms with Gasteiger partial charge in [-0.2, -0.15) is 0 Å². The van der Waals surface area contributed by atoms with Gasteiger partial charge in [-0.1, -0.05) is 31.5 Å². The molecule has 1 fully saturated rings. The Kier molecular flexibility index (Phi) is 3.97. The molecule has 1 aromatic rings. The largest absolute Gasteiger partial charge is 0.396 e. The Hall–Kier alpha value is -1.43. The first-order valence-corrected chi connectivity index (χ1v) is 7.56. The van der Waals surface area contributed by atoms with E-state index in [1.165, 1.54) is 0 Å². The smallest absolute Gasteiger partial charge is 0.292 e. The molecule has 1 unspecified atom stereocenters. The van der Waals surface area contributed by atoms with Crippen LogP contribution in [0.25, 0.3) is 0 Å². The number of rotatable bonds is 5. The zero-order chi connectivity index (χ0) is 14.9. The highest BCUT2D eigenvalue weighted by molar-refractivity contribution is 6.06. The minimum Gasteiger partial charge on any atom is -0.396 e. The lowest BCUT2D eigenvalue weighted by Gasteiger charge is -2.29. The van der Waals surface area contributed by atoms with E-state index in [1.807, 2.05) is 24.3 Å². The highest BCUT2D eigenvalue weighted by Gasteiger charge is 2.57. The van der Waals surface area contributed by atoms with Gasteiger partial charge in [0.15, 0.2) is 0 Å². The molecule has 0 aromatic heterocycles. The van der Waals surface area contributed by atoms with Gasteiger partial charge in [0.25, 0.3) is 11.7 Å². The Bertz CT molecular complexity index is 519. The van der Waals surface area contributed by atoms with E-state index in [0.717, 1.165) is 24.1 Å². The number of aliphatic hydroxyl groups excluding tert-OH is 1. The van der Waals surface area contributed by atoms with E-state index in [2.05, 4.69) is 6.92 Å². The lowest BCUT2D eigenvalue weighted by molar-refractivity contribution is -0.181. The Labute approximate surface area is 124 Å². The quantitative estimate of drug-likeness (QED) is 0.898. The molecule has 3 rings (SSSR count). The standard InChI is InChI=1S/C16H21NO4/c1-2-5-12(8-9-18)17-14-7-4-3-6-13(14)16(15(17)19)20-10-11-21-16/h3-4,6-7,12,18H,2,5,8-11H2,1H3. The van der Waals surface area contributed by atoms with Crippen LogP contribution in [0.3, 0.4) is 0 Å². The second kappa shape index (κ2) is 5.75. The second-order valence-electron chi connectivity index (χ2n) is 5.46. The number of ether oxygens (including phenoxy) is 2. The van der Waals surface area contributed by atoms with E-state index in [-0.39, 0.29) is 18.6 Å². The molecule has 0 radical (unpaired) electrons. The van der Waals surface area contributed by atoms with Crippen LogP contribution >= 0.6 is 0 Å². The van der Waals surface area contributed by atoms with Gasteiger partial charge in [-0.3, -0.25) is 4.79 Å². The predicted octanol–water partition coefficient (Wildman–Crippen LogP) is 1.78. The molecule has 21 heavy (non-hydrogen) atoms.